The zero-order chi connectivity index (χ0) is 24.5. The van der Waals surface area contributed by atoms with Crippen LogP contribution >= 0.6 is 0 Å². The minimum absolute atomic E-state index is 0.115. The molecule has 1 unspecified atom stereocenters. The van der Waals surface area contributed by atoms with Crippen LogP contribution in [0.1, 0.15) is 12.5 Å². The number of ether oxygens (including phenoxy) is 1. The number of carboxylic acids is 1. The SMILES string of the molecule is CCOC(=O)NC(Cc1ccc(-c2cccc(NC(=O)N(C)c3ccccn3)c2)cc1)C(=O)O. The van der Waals surface area contributed by atoms with Crippen molar-refractivity contribution in [2.75, 3.05) is 23.9 Å². The molecule has 1 atom stereocenters. The fourth-order valence-electron chi connectivity index (χ4n) is 3.22. The molecule has 0 bridgehead atoms. The van der Waals surface area contributed by atoms with E-state index in [-0.39, 0.29) is 19.1 Å². The van der Waals surface area contributed by atoms with E-state index in [9.17, 15) is 19.5 Å². The summed E-state index contributed by atoms with van der Waals surface area (Å²) in [5.74, 6) is -0.611. The van der Waals surface area contributed by atoms with E-state index in [2.05, 4.69) is 15.6 Å². The minimum Gasteiger partial charge on any atom is -0.480 e. The smallest absolute Gasteiger partial charge is 0.407 e. The van der Waals surface area contributed by atoms with Gasteiger partial charge in [0.05, 0.1) is 6.61 Å². The maximum atomic E-state index is 12.6. The molecule has 0 spiro atoms. The molecule has 2 aromatic carbocycles. The van der Waals surface area contributed by atoms with Crippen LogP contribution in [0.3, 0.4) is 0 Å². The number of aromatic nitrogens is 1. The fourth-order valence-corrected chi connectivity index (χ4v) is 3.22. The third-order valence-electron chi connectivity index (χ3n) is 5.00. The summed E-state index contributed by atoms with van der Waals surface area (Å²) < 4.78 is 4.77. The first-order valence-electron chi connectivity index (χ1n) is 10.7. The van der Waals surface area contributed by atoms with E-state index in [1.165, 1.54) is 4.90 Å². The lowest BCUT2D eigenvalue weighted by Crippen LogP contribution is -2.42. The highest BCUT2D eigenvalue weighted by Crippen LogP contribution is 2.24. The summed E-state index contributed by atoms with van der Waals surface area (Å²) in [6, 6.07) is 18.6. The predicted molar refractivity (Wildman–Crippen MR) is 129 cm³/mol. The quantitative estimate of drug-likeness (QED) is 0.462. The van der Waals surface area contributed by atoms with Gasteiger partial charge < -0.3 is 20.5 Å². The van der Waals surface area contributed by atoms with Crippen LogP contribution in [0.25, 0.3) is 11.1 Å². The summed E-state index contributed by atoms with van der Waals surface area (Å²) in [5.41, 5.74) is 3.14. The number of hydrogen-bond acceptors (Lipinski definition) is 5. The molecule has 0 saturated heterocycles. The highest BCUT2D eigenvalue weighted by atomic mass is 16.5. The van der Waals surface area contributed by atoms with Crippen LogP contribution in [0, 0.1) is 0 Å². The van der Waals surface area contributed by atoms with Gasteiger partial charge in [0.1, 0.15) is 11.9 Å². The van der Waals surface area contributed by atoms with Gasteiger partial charge in [-0.2, -0.15) is 0 Å². The Bertz CT molecular complexity index is 1140. The van der Waals surface area contributed by atoms with Crippen molar-refractivity contribution in [2.24, 2.45) is 0 Å². The molecule has 34 heavy (non-hydrogen) atoms. The number of carbonyl (C=O) groups is 3. The zero-order valence-electron chi connectivity index (χ0n) is 18.9. The Labute approximate surface area is 197 Å². The molecule has 0 aliphatic rings. The first-order valence-corrected chi connectivity index (χ1v) is 10.7. The molecule has 3 N–H and O–H groups in total. The van der Waals surface area contributed by atoms with Crippen LogP contribution in [0.5, 0.6) is 0 Å². The van der Waals surface area contributed by atoms with Crippen molar-refractivity contribution in [2.45, 2.75) is 19.4 Å². The van der Waals surface area contributed by atoms with Gasteiger partial charge in [-0.3, -0.25) is 4.90 Å². The number of pyridine rings is 1. The Balaban J connectivity index is 1.67. The van der Waals surface area contributed by atoms with Crippen molar-refractivity contribution in [1.82, 2.24) is 10.3 Å². The molecule has 3 aromatic rings. The summed E-state index contributed by atoms with van der Waals surface area (Å²) in [6.45, 7) is 1.80. The van der Waals surface area contributed by atoms with E-state index in [1.54, 1.807) is 50.5 Å². The maximum absolute atomic E-state index is 12.6. The lowest BCUT2D eigenvalue weighted by molar-refractivity contribution is -0.139. The molecule has 3 amide bonds. The minimum atomic E-state index is -1.14. The van der Waals surface area contributed by atoms with Gasteiger partial charge in [-0.05, 0) is 47.9 Å². The van der Waals surface area contributed by atoms with Crippen LogP contribution in [-0.4, -0.2) is 47.9 Å². The van der Waals surface area contributed by atoms with Gasteiger partial charge in [-0.15, -0.1) is 0 Å². The van der Waals surface area contributed by atoms with Crippen molar-refractivity contribution < 1.29 is 24.2 Å². The van der Waals surface area contributed by atoms with Crippen molar-refractivity contribution in [1.29, 1.82) is 0 Å². The molecule has 0 aliphatic heterocycles. The van der Waals surface area contributed by atoms with E-state index in [0.29, 0.717) is 11.5 Å². The van der Waals surface area contributed by atoms with Crippen LogP contribution in [0.4, 0.5) is 21.1 Å². The Hall–Kier alpha value is -4.40. The molecule has 0 aliphatic carbocycles. The van der Waals surface area contributed by atoms with Gasteiger partial charge in [0.15, 0.2) is 0 Å². The molecule has 9 nitrogen and oxygen atoms in total. The molecular weight excluding hydrogens is 436 g/mol. The lowest BCUT2D eigenvalue weighted by Gasteiger charge is -2.17. The average molecular weight is 463 g/mol. The van der Waals surface area contributed by atoms with Crippen LogP contribution in [0.2, 0.25) is 0 Å². The summed E-state index contributed by atoms with van der Waals surface area (Å²) in [7, 11) is 1.64. The van der Waals surface area contributed by atoms with Crippen LogP contribution in [0.15, 0.2) is 72.9 Å². The number of alkyl carbamates (subject to hydrolysis) is 1. The number of nitrogens with zero attached hydrogens (tertiary/aromatic N) is 2. The third-order valence-corrected chi connectivity index (χ3v) is 5.00. The molecule has 1 heterocycles. The normalized spacial score (nSPS) is 11.2. The number of hydrogen-bond donors (Lipinski definition) is 3. The Morgan fingerprint density at radius 2 is 1.79 bits per heavy atom. The monoisotopic (exact) mass is 462 g/mol. The number of carbonyl (C=O) groups excluding carboxylic acids is 2. The highest BCUT2D eigenvalue weighted by Gasteiger charge is 2.21. The number of carboxylic acid groups (broad SMARTS) is 1. The highest BCUT2D eigenvalue weighted by molar-refractivity contribution is 6.01. The van der Waals surface area contributed by atoms with E-state index >= 15 is 0 Å². The maximum Gasteiger partial charge on any atom is 0.407 e. The number of nitrogens with one attached hydrogen (secondary N) is 2. The Morgan fingerprint density at radius 3 is 2.44 bits per heavy atom. The number of anilines is 2. The number of rotatable bonds is 8. The standard InChI is InChI=1S/C25H26N4O5/c1-3-34-25(33)28-21(23(30)31)15-17-10-12-18(13-11-17)19-7-6-8-20(16-19)27-24(32)29(2)22-9-4-5-14-26-22/h4-14,16,21H,3,15H2,1-2H3,(H,27,32)(H,28,33)(H,30,31). The first-order chi connectivity index (χ1) is 16.4. The lowest BCUT2D eigenvalue weighted by atomic mass is 10.0. The van der Waals surface area contributed by atoms with Gasteiger partial charge in [0.2, 0.25) is 0 Å². The van der Waals surface area contributed by atoms with Gasteiger partial charge in [0.25, 0.3) is 0 Å². The first kappa shape index (κ1) is 24.2. The van der Waals surface area contributed by atoms with Gasteiger partial charge in [-0.25, -0.2) is 19.4 Å². The summed E-state index contributed by atoms with van der Waals surface area (Å²) in [4.78, 5) is 41.2. The summed E-state index contributed by atoms with van der Waals surface area (Å²) in [6.07, 6.45) is 0.971. The second-order valence-electron chi connectivity index (χ2n) is 7.41. The Morgan fingerprint density at radius 1 is 1.03 bits per heavy atom. The fraction of sp³-hybridized carbons (Fsp3) is 0.200. The predicted octanol–water partition coefficient (Wildman–Crippen LogP) is 4.16. The number of benzene rings is 2. The van der Waals surface area contributed by atoms with E-state index in [4.69, 9.17) is 4.74 Å². The van der Waals surface area contributed by atoms with E-state index < -0.39 is 18.1 Å². The topological polar surface area (TPSA) is 121 Å². The Kier molecular flexibility index (Phi) is 8.17. The second-order valence-corrected chi connectivity index (χ2v) is 7.41. The van der Waals surface area contributed by atoms with Gasteiger partial charge >= 0.3 is 18.1 Å². The summed E-state index contributed by atoms with van der Waals surface area (Å²) >= 11 is 0. The molecule has 0 fully saturated rings. The van der Waals surface area contributed by atoms with Crippen LogP contribution < -0.4 is 15.5 Å². The van der Waals surface area contributed by atoms with Crippen molar-refractivity contribution in [3.63, 3.8) is 0 Å². The van der Waals surface area contributed by atoms with E-state index in [0.717, 1.165) is 16.7 Å². The molecule has 1 aromatic heterocycles. The zero-order valence-corrected chi connectivity index (χ0v) is 18.9. The van der Waals surface area contributed by atoms with Crippen LogP contribution in [-0.2, 0) is 16.0 Å². The van der Waals surface area contributed by atoms with Crippen molar-refractivity contribution in [3.8, 4) is 11.1 Å². The average Bonchev–Trinajstić information content (AvgIpc) is 2.84. The molecule has 0 radical (unpaired) electrons. The van der Waals surface area contributed by atoms with Crippen molar-refractivity contribution in [3.05, 3.63) is 78.5 Å². The molecular formula is C25H26N4O5. The number of amides is 3. The molecule has 9 heteroatoms. The van der Waals surface area contributed by atoms with Crippen molar-refractivity contribution >= 4 is 29.6 Å². The molecule has 176 valence electrons. The largest absolute Gasteiger partial charge is 0.480 e. The third kappa shape index (κ3) is 6.55. The number of aliphatic carboxylic acids is 1. The molecule has 3 rings (SSSR count). The van der Waals surface area contributed by atoms with Gasteiger partial charge in [-0.1, -0.05) is 42.5 Å². The van der Waals surface area contributed by atoms with Gasteiger partial charge in [0, 0.05) is 25.4 Å². The molecule has 0 saturated carbocycles. The number of urea groups is 1. The summed E-state index contributed by atoms with van der Waals surface area (Å²) in [5, 5.41) is 14.6. The second kappa shape index (κ2) is 11.5. The van der Waals surface area contributed by atoms with E-state index in [1.807, 2.05) is 36.4 Å².